The molecule has 1 fully saturated rings. The lowest BCUT2D eigenvalue weighted by molar-refractivity contribution is -0.741. The highest BCUT2D eigenvalue weighted by Crippen LogP contribution is 2.14. The Balaban J connectivity index is 1.80. The zero-order valence-electron chi connectivity index (χ0n) is 12.4. The van der Waals surface area contributed by atoms with Crippen LogP contribution in [0, 0.1) is 0 Å². The topological polar surface area (TPSA) is 60.3 Å². The number of H-pyrrole nitrogens is 1. The fourth-order valence-corrected chi connectivity index (χ4v) is 2.96. The van der Waals surface area contributed by atoms with Crippen molar-refractivity contribution in [3.8, 4) is 0 Å². The van der Waals surface area contributed by atoms with Gasteiger partial charge in [-0.1, -0.05) is 15.9 Å². The monoisotopic (exact) mass is 365 g/mol. The molecule has 6 nitrogen and oxygen atoms in total. The maximum absolute atomic E-state index is 12.3. The summed E-state index contributed by atoms with van der Waals surface area (Å²) in [5.41, 5.74) is 0.628. The van der Waals surface area contributed by atoms with E-state index in [-0.39, 0.29) is 17.9 Å². The molecule has 22 heavy (non-hydrogen) atoms. The molecule has 1 N–H and O–H groups in total. The molecule has 2 aromatic rings. The molecule has 2 heterocycles. The van der Waals surface area contributed by atoms with Gasteiger partial charge < -0.3 is 9.80 Å². The average Bonchev–Trinajstić information content (AvgIpc) is 2.49. The first-order valence-corrected chi connectivity index (χ1v) is 8.00. The van der Waals surface area contributed by atoms with E-state index in [1.54, 1.807) is 10.7 Å². The third-order valence-corrected chi connectivity index (χ3v) is 4.44. The molecule has 1 aliphatic heterocycles. The molecule has 1 aromatic carbocycles. The van der Waals surface area contributed by atoms with Crippen molar-refractivity contribution in [2.75, 3.05) is 33.2 Å². The van der Waals surface area contributed by atoms with E-state index in [9.17, 15) is 9.59 Å². The maximum atomic E-state index is 12.3. The minimum atomic E-state index is -0.0961. The molecule has 0 spiro atoms. The van der Waals surface area contributed by atoms with E-state index in [1.165, 1.54) is 6.20 Å². The molecule has 0 unspecified atom stereocenters. The number of nitrogens with zero attached hydrogens (tertiary/aromatic N) is 3. The second-order valence-corrected chi connectivity index (χ2v) is 6.52. The number of amides is 1. The zero-order chi connectivity index (χ0) is 15.7. The van der Waals surface area contributed by atoms with Gasteiger partial charge in [-0.25, -0.2) is 0 Å². The summed E-state index contributed by atoms with van der Waals surface area (Å²) in [7, 11) is 2.05. The number of aromatic amines is 1. The van der Waals surface area contributed by atoms with Gasteiger partial charge >= 0.3 is 0 Å². The van der Waals surface area contributed by atoms with Crippen LogP contribution in [0.2, 0.25) is 0 Å². The summed E-state index contributed by atoms with van der Waals surface area (Å²) in [6.45, 7) is 3.41. The van der Waals surface area contributed by atoms with Crippen molar-refractivity contribution in [1.29, 1.82) is 0 Å². The molecule has 1 aliphatic rings. The van der Waals surface area contributed by atoms with Crippen LogP contribution in [-0.2, 0) is 11.3 Å². The summed E-state index contributed by atoms with van der Waals surface area (Å²) in [5, 5.41) is 3.72. The van der Waals surface area contributed by atoms with Crippen LogP contribution in [0.3, 0.4) is 0 Å². The molecule has 3 rings (SSSR count). The minimum Gasteiger partial charge on any atom is -0.335 e. The van der Waals surface area contributed by atoms with E-state index in [4.69, 9.17) is 0 Å². The number of carbonyl (C=O) groups excluding carboxylic acids is 1. The first kappa shape index (κ1) is 15.2. The molecular formula is C15H18BrN4O2+. The van der Waals surface area contributed by atoms with Crippen LogP contribution < -0.4 is 10.1 Å². The molecule has 1 saturated heterocycles. The highest BCUT2D eigenvalue weighted by molar-refractivity contribution is 9.10. The standard InChI is InChI=1S/C15H17BrN4O2/c1-18-4-6-19(7-5-18)15(22)10-20-9-14(21)12-8-11(16)2-3-13(12)17-20/h2-3,8-9H,4-7,10H2,1H3/p+1. The van der Waals surface area contributed by atoms with Crippen molar-refractivity contribution < 1.29 is 9.48 Å². The predicted octanol–water partition coefficient (Wildman–Crippen LogP) is 0.352. The molecule has 1 aromatic heterocycles. The summed E-state index contributed by atoms with van der Waals surface area (Å²) < 4.78 is 2.43. The number of fused-ring (bicyclic) bond motifs is 1. The summed E-state index contributed by atoms with van der Waals surface area (Å²) in [4.78, 5) is 28.5. The Morgan fingerprint density at radius 2 is 2.05 bits per heavy atom. The Labute approximate surface area is 136 Å². The number of halogens is 1. The van der Waals surface area contributed by atoms with Gasteiger partial charge in [0.2, 0.25) is 12.7 Å². The largest absolute Gasteiger partial charge is 0.335 e. The second-order valence-electron chi connectivity index (χ2n) is 5.61. The van der Waals surface area contributed by atoms with Gasteiger partial charge in [-0.2, -0.15) is 5.10 Å². The zero-order valence-corrected chi connectivity index (χ0v) is 14.0. The Morgan fingerprint density at radius 3 is 2.77 bits per heavy atom. The van der Waals surface area contributed by atoms with Gasteiger partial charge in [0, 0.05) is 30.7 Å². The molecule has 0 aliphatic carbocycles. The van der Waals surface area contributed by atoms with Crippen LogP contribution >= 0.6 is 15.9 Å². The van der Waals surface area contributed by atoms with Crippen molar-refractivity contribution in [2.45, 2.75) is 6.54 Å². The van der Waals surface area contributed by atoms with Crippen LogP contribution in [0.15, 0.2) is 33.7 Å². The number of rotatable bonds is 2. The first-order chi connectivity index (χ1) is 10.5. The summed E-state index contributed by atoms with van der Waals surface area (Å²) in [6, 6.07) is 5.48. The smallest absolute Gasteiger partial charge is 0.291 e. The number of hydrogen-bond donors (Lipinski definition) is 1. The van der Waals surface area contributed by atoms with Gasteiger partial charge in [0.15, 0.2) is 0 Å². The van der Waals surface area contributed by atoms with Crippen LogP contribution in [0.4, 0.5) is 0 Å². The Morgan fingerprint density at radius 1 is 1.32 bits per heavy atom. The highest BCUT2D eigenvalue weighted by Gasteiger charge is 2.22. The Bertz CT molecular complexity index is 766. The van der Waals surface area contributed by atoms with Crippen molar-refractivity contribution in [3.05, 3.63) is 39.1 Å². The molecule has 7 heteroatoms. The van der Waals surface area contributed by atoms with Gasteiger partial charge in [0.05, 0.1) is 5.39 Å². The lowest BCUT2D eigenvalue weighted by Gasteiger charge is -2.31. The quantitative estimate of drug-likeness (QED) is 0.781. The average molecular weight is 366 g/mol. The van der Waals surface area contributed by atoms with Gasteiger partial charge in [0.1, 0.15) is 5.52 Å². The van der Waals surface area contributed by atoms with Crippen molar-refractivity contribution in [2.24, 2.45) is 0 Å². The normalized spacial score (nSPS) is 16.2. The summed E-state index contributed by atoms with van der Waals surface area (Å²) in [5.74, 6) is 0.0326. The van der Waals surface area contributed by atoms with Crippen molar-refractivity contribution >= 4 is 32.7 Å². The van der Waals surface area contributed by atoms with Crippen LogP contribution in [-0.4, -0.2) is 54.0 Å². The predicted molar refractivity (Wildman–Crippen MR) is 86.5 cm³/mol. The molecule has 116 valence electrons. The number of carbonyl (C=O) groups is 1. The highest BCUT2D eigenvalue weighted by atomic mass is 79.9. The van der Waals surface area contributed by atoms with Crippen molar-refractivity contribution in [3.63, 3.8) is 0 Å². The third-order valence-electron chi connectivity index (χ3n) is 3.95. The van der Waals surface area contributed by atoms with E-state index in [0.29, 0.717) is 5.39 Å². The number of nitrogens with one attached hydrogen (secondary N) is 1. The lowest BCUT2D eigenvalue weighted by atomic mass is 10.2. The van der Waals surface area contributed by atoms with Gasteiger partial charge in [0.25, 0.3) is 11.3 Å². The number of likely N-dealkylation sites (N-methyl/N-ethyl adjacent to an activating group) is 1. The maximum Gasteiger partial charge on any atom is 0.291 e. The third kappa shape index (κ3) is 3.20. The molecular weight excluding hydrogens is 348 g/mol. The van der Waals surface area contributed by atoms with Crippen LogP contribution in [0.5, 0.6) is 0 Å². The number of aromatic nitrogens is 2. The number of piperazine rings is 1. The van der Waals surface area contributed by atoms with Crippen molar-refractivity contribution in [1.82, 2.24) is 14.9 Å². The van der Waals surface area contributed by atoms with Crippen LogP contribution in [0.1, 0.15) is 0 Å². The molecule has 0 radical (unpaired) electrons. The molecule has 0 saturated carbocycles. The second kappa shape index (κ2) is 6.18. The number of hydrogen-bond acceptors (Lipinski definition) is 3. The summed E-state index contributed by atoms with van der Waals surface area (Å²) >= 11 is 3.36. The molecule has 0 atom stereocenters. The van der Waals surface area contributed by atoms with Gasteiger partial charge in [-0.05, 0) is 25.2 Å². The van der Waals surface area contributed by atoms with Gasteiger partial charge in [-0.15, -0.1) is 4.68 Å². The van der Waals surface area contributed by atoms with E-state index < -0.39 is 0 Å². The Kier molecular flexibility index (Phi) is 4.26. The van der Waals surface area contributed by atoms with E-state index in [0.717, 1.165) is 36.2 Å². The fraction of sp³-hybridized carbons (Fsp3) is 0.400. The number of benzene rings is 1. The summed E-state index contributed by atoms with van der Waals surface area (Å²) in [6.07, 6.45) is 1.45. The first-order valence-electron chi connectivity index (χ1n) is 7.21. The van der Waals surface area contributed by atoms with Crippen LogP contribution in [0.25, 0.3) is 10.9 Å². The lowest BCUT2D eigenvalue weighted by Crippen LogP contribution is -2.53. The molecule has 1 amide bonds. The van der Waals surface area contributed by atoms with E-state index in [2.05, 4.69) is 33.0 Å². The van der Waals surface area contributed by atoms with E-state index >= 15 is 0 Å². The van der Waals surface area contributed by atoms with E-state index in [1.807, 2.05) is 17.0 Å². The minimum absolute atomic E-state index is 0.0326. The van der Waals surface area contributed by atoms with Gasteiger partial charge in [-0.3, -0.25) is 9.59 Å². The molecule has 0 bridgehead atoms. The SMILES string of the molecule is CN1CCN(C(=O)C[n+]2cc(=O)c3cc(Br)ccc3[nH]2)CC1. The Hall–Kier alpha value is -1.73. The fourth-order valence-electron chi connectivity index (χ4n) is 2.60.